The number of nitrogen functional groups attached to an aromatic ring is 2. The lowest BCUT2D eigenvalue weighted by Gasteiger charge is -2.14. The van der Waals surface area contributed by atoms with Crippen molar-refractivity contribution in [1.29, 1.82) is 0 Å². The van der Waals surface area contributed by atoms with Gasteiger partial charge >= 0.3 is 22.8 Å². The Morgan fingerprint density at radius 3 is 0.702 bits per heavy atom. The number of rotatable bonds is 10. The van der Waals surface area contributed by atoms with Gasteiger partial charge in [0, 0.05) is 6.07 Å². The predicted molar refractivity (Wildman–Crippen MR) is 325 cm³/mol. The molecule has 4 heterocycles. The third-order valence-electron chi connectivity index (χ3n) is 14.6. The zero-order valence-electron chi connectivity index (χ0n) is 44.0. The van der Waals surface area contributed by atoms with Gasteiger partial charge in [0.1, 0.15) is 11.4 Å². The van der Waals surface area contributed by atoms with Crippen LogP contribution in [0.5, 0.6) is 0 Å². The average molecular weight is 1110 g/mol. The summed E-state index contributed by atoms with van der Waals surface area (Å²) in [5, 5.41) is 24.8. The van der Waals surface area contributed by atoms with Gasteiger partial charge in [0.15, 0.2) is 0 Å². The van der Waals surface area contributed by atoms with E-state index in [1.54, 1.807) is 140 Å². The average Bonchev–Trinajstić information content (AvgIpc) is 3.38. The van der Waals surface area contributed by atoms with Gasteiger partial charge in [0.25, 0.3) is 11.4 Å². The van der Waals surface area contributed by atoms with E-state index in [1.807, 2.05) is 109 Å². The third kappa shape index (κ3) is 8.24. The quantitative estimate of drug-likeness (QED) is 0.0745. The molecule has 4 aromatic heterocycles. The smallest absolute Gasteiger partial charge is 0.338 e. The van der Waals surface area contributed by atoms with Gasteiger partial charge in [-0.15, -0.1) is 0 Å². The molecule has 0 aliphatic rings. The molecule has 10 aromatic carbocycles. The van der Waals surface area contributed by atoms with Crippen molar-refractivity contribution in [2.45, 2.75) is 0 Å². The minimum absolute atomic E-state index is 0.227. The molecule has 408 valence electrons. The number of anilines is 2. The lowest BCUT2D eigenvalue weighted by Crippen LogP contribution is -2.25. The Bertz CT molecular complexity index is 4890. The van der Waals surface area contributed by atoms with Crippen LogP contribution in [0.25, 0.3) is 89.6 Å². The van der Waals surface area contributed by atoms with Crippen LogP contribution in [0.3, 0.4) is 0 Å². The Balaban J connectivity index is 0.000000157. The van der Waals surface area contributed by atoms with Crippen LogP contribution in [-0.4, -0.2) is 46.4 Å². The summed E-state index contributed by atoms with van der Waals surface area (Å²) in [5.41, 5.74) is 17.9. The van der Waals surface area contributed by atoms with Crippen LogP contribution in [0.15, 0.2) is 262 Å². The van der Waals surface area contributed by atoms with Crippen LogP contribution >= 0.6 is 0 Å². The molecule has 0 saturated carbocycles. The largest absolute Gasteiger partial charge is 0.397 e. The van der Waals surface area contributed by atoms with Gasteiger partial charge in [0.05, 0.1) is 106 Å². The van der Waals surface area contributed by atoms with Crippen LogP contribution in [-0.2, 0) is 0 Å². The fourth-order valence-corrected chi connectivity index (χ4v) is 11.0. The number of nitrogens with two attached hydrogens (primary N) is 2. The van der Waals surface area contributed by atoms with E-state index in [1.165, 1.54) is 15.2 Å². The number of hydrogen-bond donors (Lipinski definition) is 2. The second-order valence-electron chi connectivity index (χ2n) is 19.4. The molecule has 14 rings (SSSR count). The summed E-state index contributed by atoms with van der Waals surface area (Å²) in [6, 6.07) is 70.3. The first-order valence-electron chi connectivity index (χ1n) is 26.2. The summed E-state index contributed by atoms with van der Waals surface area (Å²) in [6.07, 6.45) is 0. The number of benzene rings is 10. The Morgan fingerprint density at radius 2 is 0.464 bits per heavy atom. The minimum Gasteiger partial charge on any atom is -0.397 e. The molecule has 0 aliphatic heterocycles. The predicted octanol–water partition coefficient (Wildman–Crippen LogP) is 10.7. The molecule has 0 unspecified atom stereocenters. The zero-order valence-corrected chi connectivity index (χ0v) is 44.0. The standard InChI is InChI=1S/C32H20N6O6.C32H24N6O2/c39-31-33(21-11-3-1-4-12-21)23-15-7-9-17-25(23)35(31)27-19-28(30(38(43)44)20-29(27)37(41)42)36-26-18-10-8-16-24(26)34(32(36)40)22-13-5-2-6-14-22;33-23-19-24(34)30(38-28-18-10-8-16-26(28)36(32(38)40)22-13-5-2-6-14-22)20-29(23)37-27-17-9-7-15-25(27)35(31(37)39)21-11-3-1-4-12-21/h1-20H;1-20H,33-34H2. The Morgan fingerprint density at radius 1 is 0.262 bits per heavy atom. The van der Waals surface area contributed by atoms with Crippen molar-refractivity contribution in [3.63, 3.8) is 0 Å². The number of nitro benzene ring substituents is 2. The van der Waals surface area contributed by atoms with Crippen LogP contribution < -0.4 is 34.2 Å². The summed E-state index contributed by atoms with van der Waals surface area (Å²) >= 11 is 0. The second kappa shape index (κ2) is 20.4. The number of nitrogens with zero attached hydrogens (tertiary/aromatic N) is 10. The normalized spacial score (nSPS) is 11.3. The van der Waals surface area contributed by atoms with E-state index in [2.05, 4.69) is 0 Å². The van der Waals surface area contributed by atoms with E-state index in [4.69, 9.17) is 11.5 Å². The molecule has 14 aromatic rings. The van der Waals surface area contributed by atoms with E-state index >= 15 is 0 Å². The fraction of sp³-hybridized carbons (Fsp3) is 0. The van der Waals surface area contributed by atoms with Gasteiger partial charge in [-0.3, -0.25) is 56.8 Å². The molecule has 0 radical (unpaired) electrons. The lowest BCUT2D eigenvalue weighted by atomic mass is 10.2. The van der Waals surface area contributed by atoms with Crippen LogP contribution in [0.1, 0.15) is 0 Å². The molecular formula is C64H44N12O8. The highest BCUT2D eigenvalue weighted by atomic mass is 16.6. The SMILES string of the molecule is Nc1cc(N)c(-n2c(=O)n(-c3ccccc3)c3ccccc32)cc1-n1c(=O)n(-c2ccccc2)c2ccccc21.O=c1n(-c2ccccc2)c2ccccc2n1-c1cc(-n2c(=O)n(-c3ccccc3)c3ccccc32)c([N+](=O)[O-])cc1[N+](=O)[O-]. The number of imidazole rings is 4. The molecule has 20 heteroatoms. The highest BCUT2D eigenvalue weighted by molar-refractivity contribution is 5.88. The molecule has 0 fully saturated rings. The maximum atomic E-state index is 14.1. The molecule has 0 bridgehead atoms. The van der Waals surface area contributed by atoms with Crippen molar-refractivity contribution in [1.82, 2.24) is 36.5 Å². The van der Waals surface area contributed by atoms with E-state index in [0.717, 1.165) is 37.6 Å². The molecule has 20 nitrogen and oxygen atoms in total. The van der Waals surface area contributed by atoms with E-state index in [9.17, 15) is 39.4 Å². The molecule has 0 aliphatic carbocycles. The number of para-hydroxylation sites is 12. The molecule has 0 amide bonds. The van der Waals surface area contributed by atoms with E-state index < -0.39 is 32.6 Å². The first-order valence-corrected chi connectivity index (χ1v) is 26.2. The van der Waals surface area contributed by atoms with Gasteiger partial charge in [-0.25, -0.2) is 19.2 Å². The molecule has 0 spiro atoms. The monoisotopic (exact) mass is 1110 g/mol. The van der Waals surface area contributed by atoms with E-state index in [-0.39, 0.29) is 22.8 Å². The first-order chi connectivity index (χ1) is 40.9. The van der Waals surface area contributed by atoms with Gasteiger partial charge in [-0.2, -0.15) is 0 Å². The summed E-state index contributed by atoms with van der Waals surface area (Å²) in [4.78, 5) is 79.5. The van der Waals surface area contributed by atoms with Gasteiger partial charge in [0.2, 0.25) is 0 Å². The lowest BCUT2D eigenvalue weighted by molar-refractivity contribution is -0.393. The summed E-state index contributed by atoms with van der Waals surface area (Å²) in [6.45, 7) is 0. The highest BCUT2D eigenvalue weighted by Gasteiger charge is 2.32. The number of aromatic nitrogens is 8. The van der Waals surface area contributed by atoms with Crippen LogP contribution in [0.2, 0.25) is 0 Å². The second-order valence-corrected chi connectivity index (χ2v) is 19.4. The molecule has 4 N–H and O–H groups in total. The summed E-state index contributed by atoms with van der Waals surface area (Å²) in [7, 11) is 0. The van der Waals surface area contributed by atoms with Crippen molar-refractivity contribution in [2.24, 2.45) is 0 Å². The maximum absolute atomic E-state index is 14.1. The van der Waals surface area contributed by atoms with Gasteiger partial charge in [-0.05, 0) is 109 Å². The Kier molecular flexibility index (Phi) is 12.4. The van der Waals surface area contributed by atoms with Crippen molar-refractivity contribution in [3.05, 3.63) is 305 Å². The molecule has 0 atom stereocenters. The van der Waals surface area contributed by atoms with Crippen molar-refractivity contribution >= 4 is 66.9 Å². The Hall–Kier alpha value is -12.3. The number of hydrogen-bond acceptors (Lipinski definition) is 10. The van der Waals surface area contributed by atoms with Gasteiger partial charge in [-0.1, -0.05) is 121 Å². The summed E-state index contributed by atoms with van der Waals surface area (Å²) in [5.74, 6) is 0. The van der Waals surface area contributed by atoms with Gasteiger partial charge < -0.3 is 11.5 Å². The first kappa shape index (κ1) is 51.1. The number of nitro groups is 2. The summed E-state index contributed by atoms with van der Waals surface area (Å²) < 4.78 is 11.6. The zero-order chi connectivity index (χ0) is 57.9. The number of fused-ring (bicyclic) bond motifs is 4. The van der Waals surface area contributed by atoms with Crippen LogP contribution in [0, 0.1) is 20.2 Å². The van der Waals surface area contributed by atoms with E-state index in [0.29, 0.717) is 67.2 Å². The fourth-order valence-electron chi connectivity index (χ4n) is 11.0. The maximum Gasteiger partial charge on any atom is 0.338 e. The molecular weight excluding hydrogens is 1060 g/mol. The highest BCUT2D eigenvalue weighted by Crippen LogP contribution is 2.37. The van der Waals surface area contributed by atoms with Crippen LogP contribution in [0.4, 0.5) is 22.7 Å². The van der Waals surface area contributed by atoms with Crippen molar-refractivity contribution in [2.75, 3.05) is 11.5 Å². The Labute approximate surface area is 473 Å². The minimum atomic E-state index is -0.775. The topological polar surface area (TPSA) is 246 Å². The molecule has 0 saturated heterocycles. The van der Waals surface area contributed by atoms with Crippen molar-refractivity contribution < 1.29 is 9.85 Å². The molecule has 84 heavy (non-hydrogen) atoms. The van der Waals surface area contributed by atoms with Crippen molar-refractivity contribution in [3.8, 4) is 45.5 Å². The third-order valence-corrected chi connectivity index (χ3v) is 14.6.